The molecule has 0 spiro atoms. The molecule has 1 aromatic rings. The molecule has 1 N–H and O–H groups in total. The zero-order valence-electron chi connectivity index (χ0n) is 10.2. The molecule has 1 aliphatic heterocycles. The van der Waals surface area contributed by atoms with E-state index in [9.17, 15) is 4.79 Å². The van der Waals surface area contributed by atoms with Crippen LogP contribution in [0, 0.1) is 0 Å². The normalized spacial score (nSPS) is 29.2. The summed E-state index contributed by atoms with van der Waals surface area (Å²) < 4.78 is 10.6. The van der Waals surface area contributed by atoms with E-state index in [0.717, 1.165) is 24.8 Å². The Morgan fingerprint density at radius 3 is 2.89 bits per heavy atom. The first-order valence-corrected chi connectivity index (χ1v) is 6.44. The molecule has 4 nitrogen and oxygen atoms in total. The van der Waals surface area contributed by atoms with Gasteiger partial charge in [0.05, 0.1) is 12.2 Å². The number of carbonyl (C=O) groups is 1. The van der Waals surface area contributed by atoms with Crippen LogP contribution >= 0.6 is 0 Å². The molecule has 4 heteroatoms. The van der Waals surface area contributed by atoms with E-state index < -0.39 is 0 Å². The molecular formula is C14H17NO3. The highest BCUT2D eigenvalue weighted by atomic mass is 16.6. The van der Waals surface area contributed by atoms with E-state index >= 15 is 0 Å². The molecule has 2 aliphatic rings. The lowest BCUT2D eigenvalue weighted by molar-refractivity contribution is 0.133. The smallest absolute Gasteiger partial charge is 0.407 e. The van der Waals surface area contributed by atoms with Crippen LogP contribution in [0.5, 0.6) is 0 Å². The standard InChI is InChI=1S/C14H17NO3/c16-14(17-9-10-4-2-1-3-5-10)15-11-6-7-12-13(8-11)18-12/h1-5,11-13H,6-9H2,(H,15,16)/t11-,12+,13-/m0/s1. The first-order chi connectivity index (χ1) is 8.81. The van der Waals surface area contributed by atoms with Gasteiger partial charge in [0, 0.05) is 6.04 Å². The molecule has 2 fully saturated rings. The van der Waals surface area contributed by atoms with Gasteiger partial charge >= 0.3 is 6.09 Å². The Morgan fingerprint density at radius 2 is 2.11 bits per heavy atom. The Balaban J connectivity index is 1.41. The average molecular weight is 247 g/mol. The molecule has 1 saturated heterocycles. The van der Waals surface area contributed by atoms with Crippen LogP contribution in [0.2, 0.25) is 0 Å². The third-order valence-electron chi connectivity index (χ3n) is 3.54. The van der Waals surface area contributed by atoms with Crippen molar-refractivity contribution >= 4 is 6.09 Å². The van der Waals surface area contributed by atoms with Gasteiger partial charge in [0.2, 0.25) is 0 Å². The summed E-state index contributed by atoms with van der Waals surface area (Å²) in [6, 6.07) is 9.90. The van der Waals surface area contributed by atoms with Crippen LogP contribution in [-0.2, 0) is 16.1 Å². The van der Waals surface area contributed by atoms with Crippen molar-refractivity contribution in [3.63, 3.8) is 0 Å². The second-order valence-electron chi connectivity index (χ2n) is 4.93. The Labute approximate surface area is 106 Å². The maximum absolute atomic E-state index is 11.6. The van der Waals surface area contributed by atoms with E-state index in [-0.39, 0.29) is 12.1 Å². The molecule has 1 aromatic carbocycles. The van der Waals surface area contributed by atoms with Crippen molar-refractivity contribution in [3.8, 4) is 0 Å². The van der Waals surface area contributed by atoms with Crippen LogP contribution in [0.25, 0.3) is 0 Å². The minimum absolute atomic E-state index is 0.206. The van der Waals surface area contributed by atoms with Crippen LogP contribution in [0.4, 0.5) is 4.79 Å². The summed E-state index contributed by atoms with van der Waals surface area (Å²) in [6.45, 7) is 0.321. The number of rotatable bonds is 3. The number of hydrogen-bond donors (Lipinski definition) is 1. The second kappa shape index (κ2) is 4.98. The minimum atomic E-state index is -0.331. The van der Waals surface area contributed by atoms with Crippen LogP contribution in [0.1, 0.15) is 24.8 Å². The summed E-state index contributed by atoms with van der Waals surface area (Å²) in [7, 11) is 0. The van der Waals surface area contributed by atoms with Crippen molar-refractivity contribution < 1.29 is 14.3 Å². The second-order valence-corrected chi connectivity index (χ2v) is 4.93. The van der Waals surface area contributed by atoms with Crippen molar-refractivity contribution in [3.05, 3.63) is 35.9 Å². The molecule has 1 heterocycles. The molecule has 1 amide bonds. The highest BCUT2D eigenvalue weighted by Gasteiger charge is 2.44. The predicted octanol–water partition coefficient (Wildman–Crippen LogP) is 2.23. The topological polar surface area (TPSA) is 50.9 Å². The van der Waals surface area contributed by atoms with E-state index in [1.807, 2.05) is 30.3 Å². The number of epoxide rings is 1. The van der Waals surface area contributed by atoms with Gasteiger partial charge in [-0.05, 0) is 24.8 Å². The van der Waals surface area contributed by atoms with Gasteiger partial charge < -0.3 is 14.8 Å². The molecule has 0 bridgehead atoms. The zero-order chi connectivity index (χ0) is 12.4. The van der Waals surface area contributed by atoms with Gasteiger partial charge in [-0.1, -0.05) is 30.3 Å². The Morgan fingerprint density at radius 1 is 1.28 bits per heavy atom. The van der Waals surface area contributed by atoms with Crippen molar-refractivity contribution in [2.75, 3.05) is 0 Å². The molecule has 3 rings (SSSR count). The minimum Gasteiger partial charge on any atom is -0.445 e. The van der Waals surface area contributed by atoms with Crippen molar-refractivity contribution in [2.24, 2.45) is 0 Å². The first-order valence-electron chi connectivity index (χ1n) is 6.44. The maximum atomic E-state index is 11.6. The lowest BCUT2D eigenvalue weighted by Crippen LogP contribution is -2.38. The monoisotopic (exact) mass is 247 g/mol. The largest absolute Gasteiger partial charge is 0.445 e. The summed E-state index contributed by atoms with van der Waals surface area (Å²) in [5.74, 6) is 0. The fourth-order valence-electron chi connectivity index (χ4n) is 2.47. The number of ether oxygens (including phenoxy) is 2. The molecule has 1 aliphatic carbocycles. The van der Waals surface area contributed by atoms with E-state index in [2.05, 4.69) is 5.32 Å². The van der Waals surface area contributed by atoms with Crippen molar-refractivity contribution in [1.82, 2.24) is 5.32 Å². The van der Waals surface area contributed by atoms with E-state index in [0.29, 0.717) is 18.8 Å². The summed E-state index contributed by atoms with van der Waals surface area (Å²) in [5, 5.41) is 2.91. The Kier molecular flexibility index (Phi) is 3.19. The van der Waals surface area contributed by atoms with Gasteiger partial charge in [-0.3, -0.25) is 0 Å². The fourth-order valence-corrected chi connectivity index (χ4v) is 2.47. The van der Waals surface area contributed by atoms with Crippen molar-refractivity contribution in [1.29, 1.82) is 0 Å². The molecule has 96 valence electrons. The number of alkyl carbamates (subject to hydrolysis) is 1. The lowest BCUT2D eigenvalue weighted by Gasteiger charge is -2.19. The molecule has 18 heavy (non-hydrogen) atoms. The number of amides is 1. The van der Waals surface area contributed by atoms with Crippen LogP contribution in [-0.4, -0.2) is 24.3 Å². The van der Waals surface area contributed by atoms with Crippen molar-refractivity contribution in [2.45, 2.75) is 44.1 Å². The van der Waals surface area contributed by atoms with Crippen LogP contribution in [0.15, 0.2) is 30.3 Å². The lowest BCUT2D eigenvalue weighted by atomic mass is 9.96. The quantitative estimate of drug-likeness (QED) is 0.833. The molecule has 0 radical (unpaired) electrons. The predicted molar refractivity (Wildman–Crippen MR) is 66.1 cm³/mol. The number of nitrogens with one attached hydrogen (secondary N) is 1. The van der Waals surface area contributed by atoms with E-state index in [1.54, 1.807) is 0 Å². The third kappa shape index (κ3) is 2.82. The summed E-state index contributed by atoms with van der Waals surface area (Å²) in [4.78, 5) is 11.6. The molecule has 0 unspecified atom stereocenters. The van der Waals surface area contributed by atoms with Gasteiger partial charge in [-0.2, -0.15) is 0 Å². The van der Waals surface area contributed by atoms with Gasteiger partial charge in [-0.15, -0.1) is 0 Å². The first kappa shape index (κ1) is 11.5. The van der Waals surface area contributed by atoms with Crippen LogP contribution < -0.4 is 5.32 Å². The number of benzene rings is 1. The third-order valence-corrected chi connectivity index (χ3v) is 3.54. The Bertz CT molecular complexity index is 420. The summed E-state index contributed by atoms with van der Waals surface area (Å²) in [5.41, 5.74) is 1.00. The van der Waals surface area contributed by atoms with E-state index in [4.69, 9.17) is 9.47 Å². The number of fused-ring (bicyclic) bond motifs is 1. The molecule has 1 saturated carbocycles. The fraction of sp³-hybridized carbons (Fsp3) is 0.500. The van der Waals surface area contributed by atoms with Gasteiger partial charge in [0.1, 0.15) is 6.61 Å². The van der Waals surface area contributed by atoms with Crippen LogP contribution in [0.3, 0.4) is 0 Å². The average Bonchev–Trinajstić information content (AvgIpc) is 3.16. The maximum Gasteiger partial charge on any atom is 0.407 e. The highest BCUT2D eigenvalue weighted by Crippen LogP contribution is 2.36. The molecule has 3 atom stereocenters. The SMILES string of the molecule is O=C(N[C@H]1CC[C@H]2O[C@H]2C1)OCc1ccccc1. The highest BCUT2D eigenvalue weighted by molar-refractivity contribution is 5.67. The molecule has 0 aromatic heterocycles. The van der Waals surface area contributed by atoms with E-state index in [1.165, 1.54) is 0 Å². The Hall–Kier alpha value is -1.55. The van der Waals surface area contributed by atoms with Gasteiger partial charge in [0.25, 0.3) is 0 Å². The summed E-state index contributed by atoms with van der Waals surface area (Å²) >= 11 is 0. The number of hydrogen-bond acceptors (Lipinski definition) is 3. The summed E-state index contributed by atoms with van der Waals surface area (Å²) in [6.07, 6.45) is 3.46. The molecular weight excluding hydrogens is 230 g/mol. The number of carbonyl (C=O) groups excluding carboxylic acids is 1. The zero-order valence-corrected chi connectivity index (χ0v) is 10.2. The van der Waals surface area contributed by atoms with Gasteiger partial charge in [-0.25, -0.2) is 4.79 Å². The van der Waals surface area contributed by atoms with Gasteiger partial charge in [0.15, 0.2) is 0 Å².